The maximum atomic E-state index is 12.7. The lowest BCUT2D eigenvalue weighted by Gasteiger charge is -2.33. The smallest absolute Gasteiger partial charge is 0.351 e. The number of carbonyl (C=O) groups excluding carboxylic acids is 1. The molecule has 30 heavy (non-hydrogen) atoms. The van der Waals surface area contributed by atoms with E-state index in [1.54, 1.807) is 11.0 Å². The number of fused-ring (bicyclic) bond motifs is 1. The van der Waals surface area contributed by atoms with Gasteiger partial charge in [0, 0.05) is 37.1 Å². The Balaban J connectivity index is 1.45. The molecule has 0 saturated carbocycles. The first-order valence-corrected chi connectivity index (χ1v) is 10.6. The fourth-order valence-corrected chi connectivity index (χ4v) is 4.88. The van der Waals surface area contributed by atoms with Crippen molar-refractivity contribution in [2.75, 3.05) is 26.2 Å². The molecule has 1 N–H and O–H groups in total. The van der Waals surface area contributed by atoms with Crippen molar-refractivity contribution in [3.05, 3.63) is 65.9 Å². The summed E-state index contributed by atoms with van der Waals surface area (Å²) >= 11 is 0. The number of amides is 1. The number of nitrogens with zero attached hydrogens (tertiary/aromatic N) is 2. The average Bonchev–Trinajstić information content (AvgIpc) is 3.17. The molecule has 10 heteroatoms. The van der Waals surface area contributed by atoms with Crippen LogP contribution in [0.4, 0.5) is 13.2 Å². The lowest BCUT2D eigenvalue weighted by Crippen LogP contribution is -2.50. The molecule has 2 heterocycles. The van der Waals surface area contributed by atoms with Gasteiger partial charge in [0.2, 0.25) is 10.0 Å². The van der Waals surface area contributed by atoms with Crippen molar-refractivity contribution in [3.8, 4) is 0 Å². The van der Waals surface area contributed by atoms with Crippen LogP contribution in [-0.4, -0.2) is 54.7 Å². The van der Waals surface area contributed by atoms with Crippen molar-refractivity contribution < 1.29 is 26.4 Å². The number of rotatable bonds is 3. The van der Waals surface area contributed by atoms with Crippen molar-refractivity contribution >= 4 is 26.8 Å². The number of benzene rings is 2. The zero-order valence-electron chi connectivity index (χ0n) is 15.7. The third-order valence-corrected chi connectivity index (χ3v) is 7.02. The number of alkyl halides is 3. The van der Waals surface area contributed by atoms with Crippen LogP contribution in [0, 0.1) is 0 Å². The zero-order valence-corrected chi connectivity index (χ0v) is 16.5. The number of halogens is 3. The average molecular weight is 437 g/mol. The van der Waals surface area contributed by atoms with Crippen LogP contribution >= 0.6 is 0 Å². The van der Waals surface area contributed by atoms with Gasteiger partial charge in [-0.1, -0.05) is 18.2 Å². The van der Waals surface area contributed by atoms with E-state index in [1.807, 2.05) is 24.3 Å². The molecule has 6 nitrogen and oxygen atoms in total. The van der Waals surface area contributed by atoms with Crippen LogP contribution in [0.25, 0.3) is 10.9 Å². The number of sulfonamides is 1. The van der Waals surface area contributed by atoms with Gasteiger partial charge in [0.25, 0.3) is 5.91 Å². The second-order valence-electron chi connectivity index (χ2n) is 6.99. The summed E-state index contributed by atoms with van der Waals surface area (Å²) in [5.74, 6) is -0.224. The molecule has 1 aliphatic rings. The van der Waals surface area contributed by atoms with Gasteiger partial charge in [0.05, 0.1) is 10.5 Å². The maximum absolute atomic E-state index is 12.7. The molecule has 0 bridgehead atoms. The van der Waals surface area contributed by atoms with Crippen molar-refractivity contribution in [2.45, 2.75) is 11.1 Å². The molecule has 2 aromatic carbocycles. The van der Waals surface area contributed by atoms with Gasteiger partial charge in [0.15, 0.2) is 0 Å². The van der Waals surface area contributed by atoms with E-state index < -0.39 is 21.8 Å². The lowest BCUT2D eigenvalue weighted by molar-refractivity contribution is -0.137. The molecule has 4 rings (SSSR count). The summed E-state index contributed by atoms with van der Waals surface area (Å²) in [6, 6.07) is 12.7. The number of aromatic nitrogens is 1. The minimum atomic E-state index is -4.53. The summed E-state index contributed by atoms with van der Waals surface area (Å²) in [7, 11) is -3.94. The highest BCUT2D eigenvalue weighted by Gasteiger charge is 2.33. The first-order chi connectivity index (χ1) is 14.2. The van der Waals surface area contributed by atoms with E-state index in [1.165, 1.54) is 4.31 Å². The Hall–Kier alpha value is -2.85. The molecular formula is C20H18F3N3O3S. The number of nitrogens with one attached hydrogen (secondary N) is 1. The molecule has 0 spiro atoms. The summed E-state index contributed by atoms with van der Waals surface area (Å²) in [4.78, 5) is 17.2. The second kappa shape index (κ2) is 7.44. The largest absolute Gasteiger partial charge is 0.416 e. The van der Waals surface area contributed by atoms with E-state index in [0.29, 0.717) is 5.69 Å². The van der Waals surface area contributed by atoms with E-state index in [9.17, 15) is 26.4 Å². The van der Waals surface area contributed by atoms with Crippen LogP contribution in [-0.2, 0) is 16.2 Å². The van der Waals surface area contributed by atoms with Gasteiger partial charge in [-0.25, -0.2) is 8.42 Å². The number of H-pyrrole nitrogens is 1. The monoisotopic (exact) mass is 437 g/mol. The first-order valence-electron chi connectivity index (χ1n) is 9.21. The van der Waals surface area contributed by atoms with Gasteiger partial charge in [-0.05, 0) is 36.4 Å². The predicted octanol–water partition coefficient (Wildman–Crippen LogP) is 3.33. The highest BCUT2D eigenvalue weighted by Crippen LogP contribution is 2.30. The van der Waals surface area contributed by atoms with Crippen LogP contribution < -0.4 is 0 Å². The van der Waals surface area contributed by atoms with Crippen LogP contribution in [0.5, 0.6) is 0 Å². The van der Waals surface area contributed by atoms with Crippen LogP contribution in [0.1, 0.15) is 16.1 Å². The Labute approximate surface area is 171 Å². The minimum Gasteiger partial charge on any atom is -0.351 e. The summed E-state index contributed by atoms with van der Waals surface area (Å²) < 4.78 is 64.8. The topological polar surface area (TPSA) is 73.5 Å². The zero-order chi connectivity index (χ0) is 21.5. The molecule has 158 valence electrons. The molecule has 0 radical (unpaired) electrons. The standard InChI is InChI=1S/C20H18F3N3O3S/c21-20(22,23)15-5-7-16(8-6-15)30(28,29)26-11-9-25(10-12-26)19(27)18-13-14-3-1-2-4-17(14)24-18/h1-8,13,24H,9-12H2. The highest BCUT2D eigenvalue weighted by molar-refractivity contribution is 7.89. The van der Waals surface area contributed by atoms with Gasteiger partial charge >= 0.3 is 6.18 Å². The fraction of sp³-hybridized carbons (Fsp3) is 0.250. The Morgan fingerprint density at radius 1 is 0.933 bits per heavy atom. The molecule has 0 aliphatic carbocycles. The van der Waals surface area contributed by atoms with Gasteiger partial charge in [0.1, 0.15) is 5.69 Å². The Bertz CT molecular complexity index is 1150. The summed E-state index contributed by atoms with van der Waals surface area (Å²) in [6.45, 7) is 0.507. The molecule has 0 unspecified atom stereocenters. The van der Waals surface area contributed by atoms with E-state index in [0.717, 1.165) is 35.2 Å². The summed E-state index contributed by atoms with van der Waals surface area (Å²) in [5, 5.41) is 0.907. The minimum absolute atomic E-state index is 0.0648. The fourth-order valence-electron chi connectivity index (χ4n) is 3.46. The lowest BCUT2D eigenvalue weighted by atomic mass is 10.2. The second-order valence-corrected chi connectivity index (χ2v) is 8.93. The molecule has 1 saturated heterocycles. The Kier molecular flexibility index (Phi) is 5.07. The van der Waals surface area contributed by atoms with E-state index in [4.69, 9.17) is 0 Å². The number of hydrogen-bond donors (Lipinski definition) is 1. The molecule has 1 aromatic heterocycles. The van der Waals surface area contributed by atoms with Gasteiger partial charge in [-0.2, -0.15) is 17.5 Å². The number of aromatic amines is 1. The van der Waals surface area contributed by atoms with Crippen molar-refractivity contribution in [2.24, 2.45) is 0 Å². The predicted molar refractivity (Wildman–Crippen MR) is 104 cm³/mol. The Morgan fingerprint density at radius 3 is 2.17 bits per heavy atom. The third-order valence-electron chi connectivity index (χ3n) is 5.11. The molecule has 1 amide bonds. The van der Waals surface area contributed by atoms with Crippen LogP contribution in [0.3, 0.4) is 0 Å². The third kappa shape index (κ3) is 3.80. The number of carbonyl (C=O) groups is 1. The molecule has 1 aliphatic heterocycles. The maximum Gasteiger partial charge on any atom is 0.416 e. The quantitative estimate of drug-likeness (QED) is 0.683. The van der Waals surface area contributed by atoms with Gasteiger partial charge < -0.3 is 9.88 Å². The van der Waals surface area contributed by atoms with E-state index in [2.05, 4.69) is 4.98 Å². The van der Waals surface area contributed by atoms with E-state index >= 15 is 0 Å². The summed E-state index contributed by atoms with van der Waals surface area (Å²) in [6.07, 6.45) is -4.53. The van der Waals surface area contributed by atoms with Crippen molar-refractivity contribution in [3.63, 3.8) is 0 Å². The van der Waals surface area contributed by atoms with Crippen molar-refractivity contribution in [1.82, 2.24) is 14.2 Å². The molecule has 1 fully saturated rings. The van der Waals surface area contributed by atoms with Crippen LogP contribution in [0.2, 0.25) is 0 Å². The number of para-hydroxylation sites is 1. The SMILES string of the molecule is O=C(c1cc2ccccc2[nH]1)N1CCN(S(=O)(=O)c2ccc(C(F)(F)F)cc2)CC1. The molecule has 0 atom stereocenters. The van der Waals surface area contributed by atoms with E-state index in [-0.39, 0.29) is 37.0 Å². The molecular weight excluding hydrogens is 419 g/mol. The Morgan fingerprint density at radius 2 is 1.57 bits per heavy atom. The highest BCUT2D eigenvalue weighted by atomic mass is 32.2. The van der Waals surface area contributed by atoms with Crippen LogP contribution in [0.15, 0.2) is 59.5 Å². The summed E-state index contributed by atoms with van der Waals surface area (Å²) in [5.41, 5.74) is 0.356. The first kappa shape index (κ1) is 20.4. The number of hydrogen-bond acceptors (Lipinski definition) is 3. The number of piperazine rings is 1. The van der Waals surface area contributed by atoms with Gasteiger partial charge in [-0.3, -0.25) is 4.79 Å². The van der Waals surface area contributed by atoms with Crippen molar-refractivity contribution in [1.29, 1.82) is 0 Å². The molecule has 3 aromatic rings. The van der Waals surface area contributed by atoms with Gasteiger partial charge in [-0.15, -0.1) is 0 Å². The normalized spacial score (nSPS) is 16.2.